The zero-order valence-corrected chi connectivity index (χ0v) is 19.6. The number of unbranched alkanes of at least 4 members (excludes halogenated alkanes) is 1. The number of sulfone groups is 1. The SMILES string of the molecule is CCCCS(=O)(=O)CC(O)CSc1nc(-c2cccs2)cc(-c2ccccc2)c1C#N. The molecule has 0 fully saturated rings. The van der Waals surface area contributed by atoms with Gasteiger partial charge in [-0.2, -0.15) is 5.26 Å². The summed E-state index contributed by atoms with van der Waals surface area (Å²) in [6, 6.07) is 17.7. The number of aliphatic hydroxyl groups is 1. The summed E-state index contributed by atoms with van der Waals surface area (Å²) in [5.41, 5.74) is 2.86. The second kappa shape index (κ2) is 10.9. The molecule has 162 valence electrons. The summed E-state index contributed by atoms with van der Waals surface area (Å²) in [6.45, 7) is 1.93. The minimum absolute atomic E-state index is 0.0823. The average Bonchev–Trinajstić information content (AvgIpc) is 3.31. The van der Waals surface area contributed by atoms with Crippen LogP contribution in [0.3, 0.4) is 0 Å². The lowest BCUT2D eigenvalue weighted by Crippen LogP contribution is -2.25. The van der Waals surface area contributed by atoms with Gasteiger partial charge in [-0.1, -0.05) is 49.7 Å². The highest BCUT2D eigenvalue weighted by Gasteiger charge is 2.20. The third kappa shape index (κ3) is 6.40. The highest BCUT2D eigenvalue weighted by Crippen LogP contribution is 2.35. The van der Waals surface area contributed by atoms with E-state index in [9.17, 15) is 18.8 Å². The Balaban J connectivity index is 1.90. The maximum Gasteiger partial charge on any atom is 0.152 e. The Morgan fingerprint density at radius 3 is 2.65 bits per heavy atom. The van der Waals surface area contributed by atoms with Crippen LogP contribution in [0.1, 0.15) is 25.3 Å². The molecule has 2 aromatic heterocycles. The van der Waals surface area contributed by atoms with E-state index < -0.39 is 15.9 Å². The molecule has 0 saturated carbocycles. The first-order valence-corrected chi connectivity index (χ1v) is 13.7. The minimum atomic E-state index is -3.30. The molecule has 0 bridgehead atoms. The molecule has 1 atom stereocenters. The van der Waals surface area contributed by atoms with E-state index in [-0.39, 0.29) is 17.3 Å². The zero-order chi connectivity index (χ0) is 22.3. The van der Waals surface area contributed by atoms with E-state index >= 15 is 0 Å². The molecule has 3 rings (SSSR count). The van der Waals surface area contributed by atoms with Crippen LogP contribution in [0, 0.1) is 11.3 Å². The molecular formula is C23H24N2O3S3. The van der Waals surface area contributed by atoms with E-state index in [4.69, 9.17) is 0 Å². The first-order valence-electron chi connectivity index (χ1n) is 9.99. The Morgan fingerprint density at radius 1 is 1.23 bits per heavy atom. The van der Waals surface area contributed by atoms with Gasteiger partial charge in [0.15, 0.2) is 9.84 Å². The number of benzene rings is 1. The van der Waals surface area contributed by atoms with Gasteiger partial charge < -0.3 is 5.11 Å². The number of thiophene rings is 1. The highest BCUT2D eigenvalue weighted by molar-refractivity contribution is 7.99. The zero-order valence-electron chi connectivity index (χ0n) is 17.2. The molecule has 8 heteroatoms. The number of hydrogen-bond donors (Lipinski definition) is 1. The van der Waals surface area contributed by atoms with Crippen LogP contribution >= 0.6 is 23.1 Å². The van der Waals surface area contributed by atoms with Gasteiger partial charge in [0.05, 0.1) is 33.7 Å². The van der Waals surface area contributed by atoms with Crippen molar-refractivity contribution in [2.24, 2.45) is 0 Å². The molecule has 5 nitrogen and oxygen atoms in total. The first-order chi connectivity index (χ1) is 14.9. The molecule has 1 N–H and O–H groups in total. The minimum Gasteiger partial charge on any atom is -0.391 e. The van der Waals surface area contributed by atoms with E-state index in [2.05, 4.69) is 11.1 Å². The van der Waals surface area contributed by atoms with Gasteiger partial charge in [0.2, 0.25) is 0 Å². The van der Waals surface area contributed by atoms with Crippen molar-refractivity contribution in [3.8, 4) is 27.8 Å². The molecule has 1 aromatic carbocycles. The highest BCUT2D eigenvalue weighted by atomic mass is 32.2. The fourth-order valence-corrected chi connectivity index (χ4v) is 6.46. The van der Waals surface area contributed by atoms with Crippen LogP contribution in [0.4, 0.5) is 0 Å². The monoisotopic (exact) mass is 472 g/mol. The van der Waals surface area contributed by atoms with Crippen molar-refractivity contribution < 1.29 is 13.5 Å². The quantitative estimate of drug-likeness (QED) is 0.417. The summed E-state index contributed by atoms with van der Waals surface area (Å²) in [5.74, 6) is -0.0495. The van der Waals surface area contributed by atoms with Crippen molar-refractivity contribution in [1.82, 2.24) is 4.98 Å². The number of hydrogen-bond acceptors (Lipinski definition) is 7. The maximum absolute atomic E-state index is 12.1. The number of nitriles is 1. The van der Waals surface area contributed by atoms with Crippen LogP contribution in [-0.2, 0) is 9.84 Å². The topological polar surface area (TPSA) is 91.1 Å². The third-order valence-corrected chi connectivity index (χ3v) is 8.44. The molecule has 2 heterocycles. The Morgan fingerprint density at radius 2 is 2.00 bits per heavy atom. The summed E-state index contributed by atoms with van der Waals surface area (Å²) in [6.07, 6.45) is 0.355. The van der Waals surface area contributed by atoms with Gasteiger partial charge in [-0.15, -0.1) is 23.1 Å². The second-order valence-corrected chi connectivity index (χ2v) is 11.3. The van der Waals surface area contributed by atoms with E-state index in [1.807, 2.05) is 60.8 Å². The van der Waals surface area contributed by atoms with Crippen molar-refractivity contribution in [3.63, 3.8) is 0 Å². The Hall–Kier alpha value is -2.18. The van der Waals surface area contributed by atoms with Crippen molar-refractivity contribution in [3.05, 3.63) is 59.5 Å². The van der Waals surface area contributed by atoms with Crippen molar-refractivity contribution >= 4 is 32.9 Å². The van der Waals surface area contributed by atoms with E-state index in [0.29, 0.717) is 17.0 Å². The molecule has 0 saturated heterocycles. The third-order valence-electron chi connectivity index (χ3n) is 4.62. The number of aliphatic hydroxyl groups excluding tert-OH is 1. The number of rotatable bonds is 10. The molecule has 3 aromatic rings. The maximum atomic E-state index is 12.1. The van der Waals surface area contributed by atoms with Crippen LogP contribution < -0.4 is 0 Å². The second-order valence-electron chi connectivity index (χ2n) is 7.12. The lowest BCUT2D eigenvalue weighted by atomic mass is 10.0. The molecule has 0 aliphatic heterocycles. The Labute approximate surface area is 191 Å². The summed E-state index contributed by atoms with van der Waals surface area (Å²) >= 11 is 2.78. The van der Waals surface area contributed by atoms with E-state index in [1.54, 1.807) is 11.3 Å². The number of pyridine rings is 1. The molecule has 0 aliphatic rings. The van der Waals surface area contributed by atoms with Gasteiger partial charge in [-0.05, 0) is 29.5 Å². The standard InChI is InChI=1S/C23H24N2O3S3/c1-2-3-12-31(27,28)16-18(26)15-30-23-20(14-24)19(17-8-5-4-6-9-17)13-21(25-23)22-10-7-11-29-22/h4-11,13,18,26H,2-3,12,15-16H2,1H3. The molecule has 1 unspecified atom stereocenters. The Bertz CT molecular complexity index is 1140. The molecule has 0 spiro atoms. The molecule has 31 heavy (non-hydrogen) atoms. The van der Waals surface area contributed by atoms with Crippen LogP contribution in [0.25, 0.3) is 21.7 Å². The van der Waals surface area contributed by atoms with Crippen LogP contribution in [-0.4, -0.2) is 41.9 Å². The smallest absolute Gasteiger partial charge is 0.152 e. The van der Waals surface area contributed by atoms with Gasteiger partial charge in [-0.25, -0.2) is 13.4 Å². The van der Waals surface area contributed by atoms with Crippen LogP contribution in [0.15, 0.2) is 58.9 Å². The predicted octanol–water partition coefficient (Wildman–Crippen LogP) is 5.02. The van der Waals surface area contributed by atoms with Crippen molar-refractivity contribution in [1.29, 1.82) is 5.26 Å². The van der Waals surface area contributed by atoms with E-state index in [1.165, 1.54) is 11.8 Å². The molecular weight excluding hydrogens is 448 g/mol. The summed E-state index contributed by atoms with van der Waals surface area (Å²) in [7, 11) is -3.30. The lowest BCUT2D eigenvalue weighted by Gasteiger charge is -2.14. The van der Waals surface area contributed by atoms with Gasteiger partial charge in [0.1, 0.15) is 11.1 Å². The van der Waals surface area contributed by atoms with E-state index in [0.717, 1.165) is 28.1 Å². The average molecular weight is 473 g/mol. The molecule has 0 aliphatic carbocycles. The largest absolute Gasteiger partial charge is 0.391 e. The number of thioether (sulfide) groups is 1. The predicted molar refractivity (Wildman–Crippen MR) is 128 cm³/mol. The Kier molecular flexibility index (Phi) is 8.27. The van der Waals surface area contributed by atoms with Gasteiger partial charge in [0, 0.05) is 11.3 Å². The molecule has 0 radical (unpaired) electrons. The lowest BCUT2D eigenvalue weighted by molar-refractivity contribution is 0.222. The summed E-state index contributed by atoms with van der Waals surface area (Å²) in [5, 5.41) is 22.7. The summed E-state index contributed by atoms with van der Waals surface area (Å²) in [4.78, 5) is 5.66. The van der Waals surface area contributed by atoms with Gasteiger partial charge in [-0.3, -0.25) is 0 Å². The van der Waals surface area contributed by atoms with Gasteiger partial charge in [0.25, 0.3) is 0 Å². The van der Waals surface area contributed by atoms with Crippen LogP contribution in [0.2, 0.25) is 0 Å². The molecule has 0 amide bonds. The number of nitrogens with zero attached hydrogens (tertiary/aromatic N) is 2. The van der Waals surface area contributed by atoms with Crippen molar-refractivity contribution in [2.45, 2.75) is 30.9 Å². The fraction of sp³-hybridized carbons (Fsp3) is 0.304. The first kappa shape index (κ1) is 23.5. The number of aromatic nitrogens is 1. The van der Waals surface area contributed by atoms with Crippen LogP contribution in [0.5, 0.6) is 0 Å². The van der Waals surface area contributed by atoms with Gasteiger partial charge >= 0.3 is 0 Å². The normalized spacial score (nSPS) is 12.4. The summed E-state index contributed by atoms with van der Waals surface area (Å²) < 4.78 is 24.3. The fourth-order valence-electron chi connectivity index (χ4n) is 3.09. The van der Waals surface area contributed by atoms with Crippen molar-refractivity contribution in [2.75, 3.05) is 17.3 Å².